The van der Waals surface area contributed by atoms with Gasteiger partial charge in [0.15, 0.2) is 0 Å². The van der Waals surface area contributed by atoms with Crippen LogP contribution in [0.25, 0.3) is 11.3 Å². The molecule has 1 aliphatic heterocycles. The van der Waals surface area contributed by atoms with E-state index >= 15 is 0 Å². The second-order valence-electron chi connectivity index (χ2n) is 7.51. The van der Waals surface area contributed by atoms with E-state index in [0.29, 0.717) is 0 Å². The van der Waals surface area contributed by atoms with Crippen LogP contribution in [0.5, 0.6) is 0 Å². The topological polar surface area (TPSA) is 46.0 Å². The average molecular weight is 376 g/mol. The Kier molecular flexibility index (Phi) is 6.48. The first kappa shape index (κ1) is 18.8. The molecule has 3 aromatic rings. The molecule has 1 N–H and O–H groups in total. The summed E-state index contributed by atoms with van der Waals surface area (Å²) >= 11 is 0. The number of rotatable bonds is 8. The van der Waals surface area contributed by atoms with Crippen LogP contribution < -0.4 is 5.32 Å². The van der Waals surface area contributed by atoms with Gasteiger partial charge in [0, 0.05) is 49.4 Å². The summed E-state index contributed by atoms with van der Waals surface area (Å²) in [4.78, 5) is 6.84. The van der Waals surface area contributed by atoms with Crippen molar-refractivity contribution in [1.82, 2.24) is 25.0 Å². The summed E-state index contributed by atoms with van der Waals surface area (Å²) in [6, 6.07) is 14.5. The summed E-state index contributed by atoms with van der Waals surface area (Å²) in [6.45, 7) is 6.24. The van der Waals surface area contributed by atoms with Gasteiger partial charge in [0.1, 0.15) is 0 Å². The van der Waals surface area contributed by atoms with Crippen LogP contribution in [-0.2, 0) is 13.1 Å². The van der Waals surface area contributed by atoms with Gasteiger partial charge in [-0.25, -0.2) is 0 Å². The Morgan fingerprint density at radius 3 is 2.61 bits per heavy atom. The highest BCUT2D eigenvalue weighted by atomic mass is 15.3. The van der Waals surface area contributed by atoms with Crippen molar-refractivity contribution in [3.8, 4) is 11.3 Å². The number of aromatic nitrogens is 3. The molecule has 0 bridgehead atoms. The smallest absolute Gasteiger partial charge is 0.0983 e. The van der Waals surface area contributed by atoms with Crippen molar-refractivity contribution in [2.75, 3.05) is 26.2 Å². The van der Waals surface area contributed by atoms with Gasteiger partial charge in [0.2, 0.25) is 0 Å². The predicted molar refractivity (Wildman–Crippen MR) is 113 cm³/mol. The van der Waals surface area contributed by atoms with Crippen molar-refractivity contribution >= 4 is 0 Å². The maximum Gasteiger partial charge on any atom is 0.0983 e. The molecule has 3 heterocycles. The van der Waals surface area contributed by atoms with E-state index in [1.807, 2.05) is 23.0 Å². The number of piperidine rings is 1. The number of nitrogens with zero attached hydrogens (tertiary/aromatic N) is 4. The van der Waals surface area contributed by atoms with Gasteiger partial charge in [-0.1, -0.05) is 36.8 Å². The summed E-state index contributed by atoms with van der Waals surface area (Å²) < 4.78 is 2.04. The van der Waals surface area contributed by atoms with Gasteiger partial charge in [-0.3, -0.25) is 9.67 Å². The highest BCUT2D eigenvalue weighted by molar-refractivity contribution is 5.61. The van der Waals surface area contributed by atoms with E-state index in [2.05, 4.69) is 51.7 Å². The van der Waals surface area contributed by atoms with Crippen LogP contribution in [0.4, 0.5) is 0 Å². The molecule has 4 rings (SSSR count). The standard InChI is InChI=1S/C23H29N5/c1-3-8-20(9-4-1)18-28-19-22(23(26-28)21-10-7-11-24-16-21)17-25-12-15-27-13-5-2-6-14-27/h1,3-4,7-11,16,19,25H,2,5-6,12-15,17-18H2. The molecule has 0 atom stereocenters. The highest BCUT2D eigenvalue weighted by Gasteiger charge is 2.13. The van der Waals surface area contributed by atoms with E-state index in [4.69, 9.17) is 5.10 Å². The van der Waals surface area contributed by atoms with Crippen LogP contribution in [0.3, 0.4) is 0 Å². The van der Waals surface area contributed by atoms with E-state index in [1.54, 1.807) is 6.20 Å². The summed E-state index contributed by atoms with van der Waals surface area (Å²) in [7, 11) is 0. The zero-order valence-electron chi connectivity index (χ0n) is 16.4. The first-order valence-electron chi connectivity index (χ1n) is 10.3. The zero-order chi connectivity index (χ0) is 19.0. The third-order valence-corrected chi connectivity index (χ3v) is 5.33. The normalized spacial score (nSPS) is 15.0. The van der Waals surface area contributed by atoms with Crippen LogP contribution in [0.15, 0.2) is 61.1 Å². The fourth-order valence-electron chi connectivity index (χ4n) is 3.83. The van der Waals surface area contributed by atoms with Crippen molar-refractivity contribution in [3.63, 3.8) is 0 Å². The monoisotopic (exact) mass is 375 g/mol. The van der Waals surface area contributed by atoms with Crippen molar-refractivity contribution in [3.05, 3.63) is 72.2 Å². The molecule has 0 saturated carbocycles. The van der Waals surface area contributed by atoms with Gasteiger partial charge < -0.3 is 10.2 Å². The molecule has 0 spiro atoms. The minimum atomic E-state index is 0.780. The van der Waals surface area contributed by atoms with Gasteiger partial charge >= 0.3 is 0 Å². The van der Waals surface area contributed by atoms with Crippen molar-refractivity contribution in [2.45, 2.75) is 32.4 Å². The number of hydrogen-bond donors (Lipinski definition) is 1. The van der Waals surface area contributed by atoms with Gasteiger partial charge in [-0.15, -0.1) is 0 Å². The first-order valence-corrected chi connectivity index (χ1v) is 10.3. The summed E-state index contributed by atoms with van der Waals surface area (Å²) in [6.07, 6.45) is 9.95. The van der Waals surface area contributed by atoms with Crippen LogP contribution in [0, 0.1) is 0 Å². The maximum absolute atomic E-state index is 4.87. The fourth-order valence-corrected chi connectivity index (χ4v) is 3.83. The predicted octanol–water partition coefficient (Wildman–Crippen LogP) is 3.57. The van der Waals surface area contributed by atoms with Crippen molar-refractivity contribution in [1.29, 1.82) is 0 Å². The lowest BCUT2D eigenvalue weighted by atomic mass is 10.1. The quantitative estimate of drug-likeness (QED) is 0.612. The molecule has 1 fully saturated rings. The SMILES string of the molecule is c1ccc(Cn2cc(CNCCN3CCCCC3)c(-c3cccnc3)n2)cc1. The Morgan fingerprint density at radius 1 is 0.964 bits per heavy atom. The molecule has 0 radical (unpaired) electrons. The minimum Gasteiger partial charge on any atom is -0.311 e. The molecule has 1 aliphatic rings. The minimum absolute atomic E-state index is 0.780. The van der Waals surface area contributed by atoms with Gasteiger partial charge in [-0.2, -0.15) is 5.10 Å². The van der Waals surface area contributed by atoms with E-state index in [9.17, 15) is 0 Å². The molecule has 0 amide bonds. The Labute approximate surface area is 167 Å². The van der Waals surface area contributed by atoms with E-state index in [1.165, 1.54) is 43.5 Å². The molecule has 28 heavy (non-hydrogen) atoms. The van der Waals surface area contributed by atoms with Gasteiger partial charge in [-0.05, 0) is 43.6 Å². The van der Waals surface area contributed by atoms with Crippen LogP contribution >= 0.6 is 0 Å². The molecule has 5 heteroatoms. The average Bonchev–Trinajstić information content (AvgIpc) is 3.16. The van der Waals surface area contributed by atoms with E-state index < -0.39 is 0 Å². The number of hydrogen-bond acceptors (Lipinski definition) is 4. The Morgan fingerprint density at radius 2 is 1.82 bits per heavy atom. The zero-order valence-corrected chi connectivity index (χ0v) is 16.4. The molecule has 1 saturated heterocycles. The Hall–Kier alpha value is -2.50. The summed E-state index contributed by atoms with van der Waals surface area (Å²) in [5, 5.41) is 8.49. The summed E-state index contributed by atoms with van der Waals surface area (Å²) in [5.74, 6) is 0. The van der Waals surface area contributed by atoms with Gasteiger partial charge in [0.05, 0.1) is 12.2 Å². The molecular formula is C23H29N5. The summed E-state index contributed by atoms with van der Waals surface area (Å²) in [5.41, 5.74) is 4.58. The second kappa shape index (κ2) is 9.62. The number of nitrogens with one attached hydrogen (secondary N) is 1. The number of pyridine rings is 1. The molecule has 146 valence electrons. The third kappa shape index (κ3) is 5.06. The first-order chi connectivity index (χ1) is 13.9. The number of likely N-dealkylation sites (tertiary alicyclic amines) is 1. The Bertz CT molecular complexity index is 838. The molecule has 1 aromatic carbocycles. The lowest BCUT2D eigenvalue weighted by Gasteiger charge is -2.26. The molecule has 0 aliphatic carbocycles. The molecule has 5 nitrogen and oxygen atoms in total. The third-order valence-electron chi connectivity index (χ3n) is 5.33. The second-order valence-corrected chi connectivity index (χ2v) is 7.51. The van der Waals surface area contributed by atoms with Crippen molar-refractivity contribution < 1.29 is 0 Å². The number of benzene rings is 1. The lowest BCUT2D eigenvalue weighted by molar-refractivity contribution is 0.229. The molecular weight excluding hydrogens is 346 g/mol. The highest BCUT2D eigenvalue weighted by Crippen LogP contribution is 2.21. The van der Waals surface area contributed by atoms with Crippen LogP contribution in [0.1, 0.15) is 30.4 Å². The lowest BCUT2D eigenvalue weighted by Crippen LogP contribution is -2.35. The maximum atomic E-state index is 4.87. The van der Waals surface area contributed by atoms with Crippen LogP contribution in [0.2, 0.25) is 0 Å². The Balaban J connectivity index is 1.43. The van der Waals surface area contributed by atoms with E-state index in [-0.39, 0.29) is 0 Å². The van der Waals surface area contributed by atoms with E-state index in [0.717, 1.165) is 37.4 Å². The molecule has 2 aromatic heterocycles. The fraction of sp³-hybridized carbons (Fsp3) is 0.391. The van der Waals surface area contributed by atoms with Crippen molar-refractivity contribution in [2.24, 2.45) is 0 Å². The van der Waals surface area contributed by atoms with Gasteiger partial charge in [0.25, 0.3) is 0 Å². The van der Waals surface area contributed by atoms with Crippen LogP contribution in [-0.4, -0.2) is 45.8 Å². The molecule has 0 unspecified atom stereocenters. The largest absolute Gasteiger partial charge is 0.311 e.